The topological polar surface area (TPSA) is 96.0 Å². The lowest BCUT2D eigenvalue weighted by Gasteiger charge is -2.26. The number of H-pyrrole nitrogens is 1. The van der Waals surface area contributed by atoms with Gasteiger partial charge in [-0.15, -0.1) is 11.3 Å². The third-order valence-electron chi connectivity index (χ3n) is 7.99. The summed E-state index contributed by atoms with van der Waals surface area (Å²) in [7, 11) is 0. The minimum atomic E-state index is 0.0851. The molecule has 8 nitrogen and oxygen atoms in total. The quantitative estimate of drug-likeness (QED) is 0.418. The first-order chi connectivity index (χ1) is 17.1. The average Bonchev–Trinajstić information content (AvgIpc) is 3.18. The van der Waals surface area contributed by atoms with E-state index in [4.69, 9.17) is 4.74 Å². The molecule has 3 aromatic heterocycles. The molecule has 35 heavy (non-hydrogen) atoms. The number of carbonyl (C=O) groups is 1. The lowest BCUT2D eigenvalue weighted by molar-refractivity contribution is -0.135. The highest BCUT2D eigenvalue weighted by Gasteiger charge is 2.49. The second-order valence-corrected chi connectivity index (χ2v) is 11.3. The number of hydrogen-bond acceptors (Lipinski definition) is 7. The third-order valence-corrected chi connectivity index (χ3v) is 9.16. The molecule has 1 atom stereocenters. The SMILES string of the molecule is CCOc1cc2[nH]ncc2cc1Nc1ncnc2sc3c(c12)CCC(C(=O)N1CCC2(CC2)C1)C3. The van der Waals surface area contributed by atoms with Crippen LogP contribution in [-0.2, 0) is 17.6 Å². The number of anilines is 2. The number of nitrogens with zero attached hydrogens (tertiary/aromatic N) is 4. The summed E-state index contributed by atoms with van der Waals surface area (Å²) in [4.78, 5) is 26.9. The summed E-state index contributed by atoms with van der Waals surface area (Å²) in [6.07, 6.45) is 9.80. The molecule has 2 aliphatic carbocycles. The van der Waals surface area contributed by atoms with Gasteiger partial charge < -0.3 is 15.0 Å². The van der Waals surface area contributed by atoms with Gasteiger partial charge in [0, 0.05) is 35.3 Å². The van der Waals surface area contributed by atoms with Crippen LogP contribution in [0.4, 0.5) is 11.5 Å². The Bertz CT molecular complexity index is 1460. The highest BCUT2D eigenvalue weighted by molar-refractivity contribution is 7.19. The van der Waals surface area contributed by atoms with Gasteiger partial charge in [-0.05, 0) is 62.5 Å². The summed E-state index contributed by atoms with van der Waals surface area (Å²) in [5, 5.41) is 12.8. The van der Waals surface area contributed by atoms with Crippen LogP contribution < -0.4 is 10.1 Å². The standard InChI is InChI=1S/C26H28N6O2S/c1-2-34-20-11-18-16(12-29-31-18)9-19(20)30-23-22-17-4-3-15(10-21(17)35-24(22)28-14-27-23)25(33)32-8-7-26(13-32)5-6-26/h9,11-12,14-15H,2-8,10,13H2,1H3,(H,29,31)(H,27,28,30). The molecule has 1 saturated heterocycles. The fraction of sp³-hybridized carbons (Fsp3) is 0.462. The van der Waals surface area contributed by atoms with Crippen molar-refractivity contribution in [3.63, 3.8) is 0 Å². The van der Waals surface area contributed by atoms with Crippen molar-refractivity contribution in [2.75, 3.05) is 25.0 Å². The Labute approximate surface area is 207 Å². The molecule has 0 radical (unpaired) electrons. The minimum absolute atomic E-state index is 0.0851. The number of hydrogen-bond donors (Lipinski definition) is 2. The first-order valence-electron chi connectivity index (χ1n) is 12.5. The molecular weight excluding hydrogens is 460 g/mol. The molecule has 7 rings (SSSR count). The largest absolute Gasteiger partial charge is 0.492 e. The summed E-state index contributed by atoms with van der Waals surface area (Å²) in [5.41, 5.74) is 3.55. The number of ether oxygens (including phenoxy) is 1. The van der Waals surface area contributed by atoms with Gasteiger partial charge in [-0.1, -0.05) is 0 Å². The van der Waals surface area contributed by atoms with E-state index in [2.05, 4.69) is 30.4 Å². The van der Waals surface area contributed by atoms with Crippen LogP contribution >= 0.6 is 11.3 Å². The molecule has 0 bridgehead atoms. The number of aryl methyl sites for hydroxylation is 1. The van der Waals surface area contributed by atoms with Gasteiger partial charge in [-0.3, -0.25) is 9.89 Å². The first-order valence-corrected chi connectivity index (χ1v) is 13.4. The molecule has 2 fully saturated rings. The van der Waals surface area contributed by atoms with E-state index in [9.17, 15) is 4.79 Å². The van der Waals surface area contributed by atoms with Crippen LogP contribution in [0.1, 0.15) is 43.0 Å². The van der Waals surface area contributed by atoms with Gasteiger partial charge in [0.2, 0.25) is 5.91 Å². The molecule has 2 N–H and O–H groups in total. The van der Waals surface area contributed by atoms with Crippen LogP contribution in [0.15, 0.2) is 24.7 Å². The van der Waals surface area contributed by atoms with Crippen LogP contribution in [0.25, 0.3) is 21.1 Å². The zero-order valence-electron chi connectivity index (χ0n) is 19.8. The summed E-state index contributed by atoms with van der Waals surface area (Å²) in [5.74, 6) is 1.99. The highest BCUT2D eigenvalue weighted by Crippen LogP contribution is 2.53. The molecule has 1 amide bonds. The van der Waals surface area contributed by atoms with Gasteiger partial charge in [0.1, 0.15) is 22.7 Å². The second-order valence-electron chi connectivity index (χ2n) is 10.2. The summed E-state index contributed by atoms with van der Waals surface area (Å²) < 4.78 is 5.91. The van der Waals surface area contributed by atoms with E-state index in [1.165, 1.54) is 29.7 Å². The molecule has 1 unspecified atom stereocenters. The number of likely N-dealkylation sites (tertiary alicyclic amines) is 1. The van der Waals surface area contributed by atoms with E-state index >= 15 is 0 Å². The Morgan fingerprint density at radius 2 is 2.23 bits per heavy atom. The van der Waals surface area contributed by atoms with Gasteiger partial charge in [-0.25, -0.2) is 9.97 Å². The zero-order chi connectivity index (χ0) is 23.6. The van der Waals surface area contributed by atoms with E-state index in [1.807, 2.05) is 19.1 Å². The van der Waals surface area contributed by atoms with Crippen LogP contribution in [0, 0.1) is 11.3 Å². The molecule has 1 spiro atoms. The number of benzene rings is 1. The maximum absolute atomic E-state index is 13.3. The van der Waals surface area contributed by atoms with Crippen molar-refractivity contribution in [3.8, 4) is 5.75 Å². The zero-order valence-corrected chi connectivity index (χ0v) is 20.6. The van der Waals surface area contributed by atoms with Crippen molar-refractivity contribution in [2.24, 2.45) is 11.3 Å². The molecule has 4 heterocycles. The average molecular weight is 489 g/mol. The molecule has 1 aliphatic heterocycles. The van der Waals surface area contributed by atoms with Crippen molar-refractivity contribution < 1.29 is 9.53 Å². The number of rotatable bonds is 5. The number of amides is 1. The molecular formula is C26H28N6O2S. The maximum atomic E-state index is 13.3. The number of carbonyl (C=O) groups excluding carboxylic acids is 1. The van der Waals surface area contributed by atoms with E-state index < -0.39 is 0 Å². The molecule has 4 aromatic rings. The minimum Gasteiger partial charge on any atom is -0.492 e. The van der Waals surface area contributed by atoms with E-state index in [0.717, 1.165) is 70.7 Å². The predicted octanol–water partition coefficient (Wildman–Crippen LogP) is 4.83. The third kappa shape index (κ3) is 3.55. The van der Waals surface area contributed by atoms with Gasteiger partial charge in [-0.2, -0.15) is 5.10 Å². The van der Waals surface area contributed by atoms with Gasteiger partial charge in [0.15, 0.2) is 0 Å². The Morgan fingerprint density at radius 3 is 3.06 bits per heavy atom. The number of thiophene rings is 1. The van der Waals surface area contributed by atoms with Gasteiger partial charge in [0.05, 0.1) is 29.4 Å². The van der Waals surface area contributed by atoms with Crippen molar-refractivity contribution in [2.45, 2.75) is 45.4 Å². The van der Waals surface area contributed by atoms with Crippen molar-refractivity contribution in [1.82, 2.24) is 25.1 Å². The Morgan fingerprint density at radius 1 is 1.31 bits per heavy atom. The van der Waals surface area contributed by atoms with Gasteiger partial charge in [0.25, 0.3) is 0 Å². The van der Waals surface area contributed by atoms with E-state index in [-0.39, 0.29) is 5.92 Å². The maximum Gasteiger partial charge on any atom is 0.226 e. The Kier molecular flexibility index (Phi) is 4.77. The number of fused-ring (bicyclic) bond motifs is 4. The molecule has 180 valence electrons. The van der Waals surface area contributed by atoms with Gasteiger partial charge >= 0.3 is 0 Å². The Balaban J connectivity index is 1.19. The van der Waals surface area contributed by atoms with Crippen molar-refractivity contribution in [3.05, 3.63) is 35.1 Å². The normalized spacial score (nSPS) is 20.5. The smallest absolute Gasteiger partial charge is 0.226 e. The second kappa shape index (κ2) is 7.91. The Hall–Kier alpha value is -3.20. The molecule has 9 heteroatoms. The molecule has 1 aromatic carbocycles. The van der Waals surface area contributed by atoms with Crippen molar-refractivity contribution >= 4 is 49.9 Å². The number of aromatic amines is 1. The van der Waals surface area contributed by atoms with E-state index in [1.54, 1.807) is 23.9 Å². The molecule has 3 aliphatic rings. The predicted molar refractivity (Wildman–Crippen MR) is 136 cm³/mol. The lowest BCUT2D eigenvalue weighted by atomic mass is 9.87. The van der Waals surface area contributed by atoms with Crippen LogP contribution in [0.2, 0.25) is 0 Å². The fourth-order valence-corrected chi connectivity index (χ4v) is 7.12. The fourth-order valence-electron chi connectivity index (χ4n) is 5.85. The number of aromatic nitrogens is 4. The summed E-state index contributed by atoms with van der Waals surface area (Å²) in [6.45, 7) is 4.46. The summed E-state index contributed by atoms with van der Waals surface area (Å²) in [6, 6.07) is 4.00. The van der Waals surface area contributed by atoms with Crippen LogP contribution in [0.5, 0.6) is 5.75 Å². The van der Waals surface area contributed by atoms with Crippen LogP contribution in [0.3, 0.4) is 0 Å². The monoisotopic (exact) mass is 488 g/mol. The lowest BCUT2D eigenvalue weighted by Crippen LogP contribution is -2.36. The van der Waals surface area contributed by atoms with E-state index in [0.29, 0.717) is 17.9 Å². The highest BCUT2D eigenvalue weighted by atomic mass is 32.1. The molecule has 1 saturated carbocycles. The summed E-state index contributed by atoms with van der Waals surface area (Å²) >= 11 is 1.71. The van der Waals surface area contributed by atoms with Crippen molar-refractivity contribution in [1.29, 1.82) is 0 Å². The van der Waals surface area contributed by atoms with Crippen LogP contribution in [-0.4, -0.2) is 50.7 Å². The number of nitrogens with one attached hydrogen (secondary N) is 2. The first kappa shape index (κ1) is 21.1.